The molecule has 2 aromatic rings. The van der Waals surface area contributed by atoms with Crippen molar-refractivity contribution in [2.45, 2.75) is 80.1 Å². The Morgan fingerprint density at radius 2 is 1.72 bits per heavy atom. The lowest BCUT2D eigenvalue weighted by molar-refractivity contribution is -0.141. The quantitative estimate of drug-likeness (QED) is 0.553. The van der Waals surface area contributed by atoms with Crippen molar-refractivity contribution >= 4 is 17.6 Å². The van der Waals surface area contributed by atoms with Gasteiger partial charge in [0.25, 0.3) is 0 Å². The first-order chi connectivity index (χ1) is 14.8. The first-order valence-corrected chi connectivity index (χ1v) is 11.6. The second kappa shape index (κ2) is 10.3. The Morgan fingerprint density at radius 1 is 1.06 bits per heavy atom. The lowest BCUT2D eigenvalue weighted by Crippen LogP contribution is -2.44. The van der Waals surface area contributed by atoms with Gasteiger partial charge in [-0.3, -0.25) is 9.59 Å². The molecule has 1 N–H and O–H groups in total. The summed E-state index contributed by atoms with van der Waals surface area (Å²) in [6.45, 7) is 16.7. The monoisotopic (exact) mass is 440 g/mol. The molecule has 0 radical (unpaired) electrons. The fourth-order valence-electron chi connectivity index (χ4n) is 3.46. The Morgan fingerprint density at radius 3 is 2.28 bits per heavy atom. The maximum Gasteiger partial charge on any atom is 0.245 e. The third-order valence-corrected chi connectivity index (χ3v) is 5.38. The molecule has 2 amide bonds. The van der Waals surface area contributed by atoms with Gasteiger partial charge >= 0.3 is 0 Å². The number of anilines is 1. The molecule has 176 valence electrons. The summed E-state index contributed by atoms with van der Waals surface area (Å²) in [6.07, 6.45) is 2.99. The molecule has 1 aromatic carbocycles. The summed E-state index contributed by atoms with van der Waals surface area (Å²) < 4.78 is 1.79. The average Bonchev–Trinajstić information content (AvgIpc) is 3.10. The van der Waals surface area contributed by atoms with Gasteiger partial charge in [-0.15, -0.1) is 0 Å². The minimum Gasteiger partial charge on any atom is -0.333 e. The molecule has 0 unspecified atom stereocenters. The maximum atomic E-state index is 13.1. The van der Waals surface area contributed by atoms with Crippen LogP contribution in [0.25, 0.3) is 5.69 Å². The molecule has 1 heterocycles. The van der Waals surface area contributed by atoms with E-state index in [9.17, 15) is 9.59 Å². The minimum absolute atomic E-state index is 0.00783. The van der Waals surface area contributed by atoms with Gasteiger partial charge in [-0.2, -0.15) is 5.10 Å². The first-order valence-electron chi connectivity index (χ1n) is 11.6. The fourth-order valence-corrected chi connectivity index (χ4v) is 3.46. The average molecular weight is 441 g/mol. The van der Waals surface area contributed by atoms with E-state index in [0.29, 0.717) is 12.4 Å². The summed E-state index contributed by atoms with van der Waals surface area (Å²) in [5, 5.41) is 7.82. The molecule has 2 rings (SSSR count). The molecular formula is C26H40N4O2. The van der Waals surface area contributed by atoms with Crippen molar-refractivity contribution in [1.29, 1.82) is 0 Å². The van der Waals surface area contributed by atoms with Crippen LogP contribution in [0.3, 0.4) is 0 Å². The van der Waals surface area contributed by atoms with E-state index in [2.05, 4.69) is 33.0 Å². The molecule has 32 heavy (non-hydrogen) atoms. The van der Waals surface area contributed by atoms with Crippen LogP contribution in [0.5, 0.6) is 0 Å². The van der Waals surface area contributed by atoms with Crippen LogP contribution < -0.4 is 5.32 Å². The van der Waals surface area contributed by atoms with E-state index in [4.69, 9.17) is 5.10 Å². The van der Waals surface area contributed by atoms with Gasteiger partial charge in [-0.1, -0.05) is 79.5 Å². The predicted octanol–water partition coefficient (Wildman–Crippen LogP) is 5.48. The predicted molar refractivity (Wildman–Crippen MR) is 131 cm³/mol. The molecule has 6 nitrogen and oxygen atoms in total. The number of nitrogens with one attached hydrogen (secondary N) is 1. The number of amides is 2. The standard InChI is InChI=1S/C26H40N4O2/c1-9-10-13-16-29(24(32)26(6,7)8)18-23(31)27-22-17-21(25(3,4)5)28-30(22)20-15-12-11-14-19(20)2/h11-12,14-15,17H,9-10,13,16,18H2,1-8H3,(H,27,31). The van der Waals surface area contributed by atoms with Gasteiger partial charge in [0, 0.05) is 23.4 Å². The SMILES string of the molecule is CCCCCN(CC(=O)Nc1cc(C(C)(C)C)nn1-c1ccccc1C)C(=O)C(C)(C)C. The van der Waals surface area contributed by atoms with E-state index in [1.54, 1.807) is 9.58 Å². The number of unbranched alkanes of at least 4 members (excludes halogenated alkanes) is 2. The third-order valence-electron chi connectivity index (χ3n) is 5.38. The number of para-hydroxylation sites is 1. The summed E-state index contributed by atoms with van der Waals surface area (Å²) in [7, 11) is 0. The molecule has 0 fully saturated rings. The highest BCUT2D eigenvalue weighted by Gasteiger charge is 2.29. The van der Waals surface area contributed by atoms with Gasteiger partial charge in [0.1, 0.15) is 5.82 Å². The van der Waals surface area contributed by atoms with Crippen LogP contribution in [-0.4, -0.2) is 39.6 Å². The maximum absolute atomic E-state index is 13.1. The van der Waals surface area contributed by atoms with Gasteiger partial charge in [-0.25, -0.2) is 4.68 Å². The Hall–Kier alpha value is -2.63. The van der Waals surface area contributed by atoms with E-state index < -0.39 is 5.41 Å². The number of hydrogen-bond donors (Lipinski definition) is 1. The lowest BCUT2D eigenvalue weighted by Gasteiger charge is -2.29. The molecule has 0 atom stereocenters. The number of carbonyl (C=O) groups is 2. The number of aryl methyl sites for hydroxylation is 1. The molecular weight excluding hydrogens is 400 g/mol. The van der Waals surface area contributed by atoms with E-state index in [-0.39, 0.29) is 23.8 Å². The Labute approximate surface area is 193 Å². The number of rotatable bonds is 8. The molecule has 0 spiro atoms. The van der Waals surface area contributed by atoms with Crippen molar-refractivity contribution in [3.8, 4) is 5.69 Å². The van der Waals surface area contributed by atoms with Crippen LogP contribution in [-0.2, 0) is 15.0 Å². The van der Waals surface area contributed by atoms with Gasteiger partial charge < -0.3 is 10.2 Å². The largest absolute Gasteiger partial charge is 0.333 e. The second-order valence-corrected chi connectivity index (χ2v) is 10.6. The van der Waals surface area contributed by atoms with E-state index in [1.165, 1.54) is 0 Å². The molecule has 0 aliphatic heterocycles. The number of benzene rings is 1. The molecule has 1 aromatic heterocycles. The second-order valence-electron chi connectivity index (χ2n) is 10.6. The van der Waals surface area contributed by atoms with Crippen molar-refractivity contribution < 1.29 is 9.59 Å². The molecule has 0 aliphatic carbocycles. The Bertz CT molecular complexity index is 932. The van der Waals surface area contributed by atoms with Crippen molar-refractivity contribution in [3.05, 3.63) is 41.6 Å². The summed E-state index contributed by atoms with van der Waals surface area (Å²) >= 11 is 0. The fraction of sp³-hybridized carbons (Fsp3) is 0.577. The zero-order valence-corrected chi connectivity index (χ0v) is 21.1. The summed E-state index contributed by atoms with van der Waals surface area (Å²) in [5.74, 6) is 0.395. The highest BCUT2D eigenvalue weighted by Crippen LogP contribution is 2.27. The summed E-state index contributed by atoms with van der Waals surface area (Å²) in [6, 6.07) is 9.89. The van der Waals surface area contributed by atoms with Gasteiger partial charge in [0.15, 0.2) is 0 Å². The lowest BCUT2D eigenvalue weighted by atomic mass is 9.92. The molecule has 0 aliphatic rings. The van der Waals surface area contributed by atoms with E-state index in [0.717, 1.165) is 36.2 Å². The molecule has 6 heteroatoms. The van der Waals surface area contributed by atoms with Crippen LogP contribution >= 0.6 is 0 Å². The van der Waals surface area contributed by atoms with E-state index in [1.807, 2.05) is 58.0 Å². The van der Waals surface area contributed by atoms with E-state index >= 15 is 0 Å². The van der Waals surface area contributed by atoms with Crippen LogP contribution in [0.1, 0.15) is 79.0 Å². The first kappa shape index (κ1) is 25.6. The van der Waals surface area contributed by atoms with Crippen LogP contribution in [0, 0.1) is 12.3 Å². The Kier molecular flexibility index (Phi) is 8.27. The van der Waals surface area contributed by atoms with Crippen molar-refractivity contribution in [2.24, 2.45) is 5.41 Å². The van der Waals surface area contributed by atoms with Crippen LogP contribution in [0.15, 0.2) is 30.3 Å². The van der Waals surface area contributed by atoms with Crippen LogP contribution in [0.4, 0.5) is 5.82 Å². The Balaban J connectivity index is 2.31. The van der Waals surface area contributed by atoms with Gasteiger partial charge in [0.05, 0.1) is 17.9 Å². The zero-order valence-electron chi connectivity index (χ0n) is 21.1. The summed E-state index contributed by atoms with van der Waals surface area (Å²) in [4.78, 5) is 27.7. The molecule has 0 saturated carbocycles. The van der Waals surface area contributed by atoms with Gasteiger partial charge in [-0.05, 0) is 25.0 Å². The van der Waals surface area contributed by atoms with Crippen molar-refractivity contribution in [2.75, 3.05) is 18.4 Å². The highest BCUT2D eigenvalue weighted by atomic mass is 16.2. The van der Waals surface area contributed by atoms with Crippen molar-refractivity contribution in [1.82, 2.24) is 14.7 Å². The number of hydrogen-bond acceptors (Lipinski definition) is 3. The molecule has 0 bridgehead atoms. The summed E-state index contributed by atoms with van der Waals surface area (Å²) in [5.41, 5.74) is 2.18. The third kappa shape index (κ3) is 6.68. The number of aromatic nitrogens is 2. The smallest absolute Gasteiger partial charge is 0.245 e. The highest BCUT2D eigenvalue weighted by molar-refractivity contribution is 5.95. The van der Waals surface area contributed by atoms with Crippen molar-refractivity contribution in [3.63, 3.8) is 0 Å². The normalized spacial score (nSPS) is 12.0. The minimum atomic E-state index is -0.533. The topological polar surface area (TPSA) is 67.2 Å². The molecule has 0 saturated heterocycles. The van der Waals surface area contributed by atoms with Crippen LogP contribution in [0.2, 0.25) is 0 Å². The zero-order chi connectivity index (χ0) is 24.1. The number of carbonyl (C=O) groups excluding carboxylic acids is 2. The number of nitrogens with zero attached hydrogens (tertiary/aromatic N) is 3. The van der Waals surface area contributed by atoms with Gasteiger partial charge in [0.2, 0.25) is 11.8 Å².